The number of nitrogens with one attached hydrogen (secondary N) is 1. The molecule has 10 heteroatoms. The Hall–Kier alpha value is -3.07. The first-order valence-corrected chi connectivity index (χ1v) is 15.4. The number of sulfonamides is 1. The standard InChI is InChI=1S/C30H35Cl2N3O4S/c1-21-14-16-23(17-15-21)19-34(26(29(37)33-30(2,3)4)18-22-10-7-6-8-11-22)27(36)20-35(40(5,38)39)25-13-9-12-24(31)28(25)32/h6-17,26H,18-20H2,1-5H3,(H,33,37). The molecule has 1 unspecified atom stereocenters. The van der Waals surface area contributed by atoms with Crippen molar-refractivity contribution in [2.24, 2.45) is 0 Å². The minimum absolute atomic E-state index is 0.0128. The molecule has 40 heavy (non-hydrogen) atoms. The Morgan fingerprint density at radius 1 is 0.900 bits per heavy atom. The Bertz CT molecular complexity index is 1440. The Morgan fingerprint density at radius 2 is 1.52 bits per heavy atom. The number of rotatable bonds is 10. The Labute approximate surface area is 247 Å². The second-order valence-corrected chi connectivity index (χ2v) is 13.5. The maximum atomic E-state index is 14.1. The summed E-state index contributed by atoms with van der Waals surface area (Å²) in [7, 11) is -3.96. The molecule has 2 amide bonds. The van der Waals surface area contributed by atoms with Crippen molar-refractivity contribution >= 4 is 50.7 Å². The zero-order valence-corrected chi connectivity index (χ0v) is 25.6. The van der Waals surface area contributed by atoms with E-state index in [1.807, 2.05) is 82.3 Å². The summed E-state index contributed by atoms with van der Waals surface area (Å²) in [6, 6.07) is 20.7. The Kier molecular flexibility index (Phi) is 10.3. The van der Waals surface area contributed by atoms with Crippen molar-refractivity contribution in [3.63, 3.8) is 0 Å². The number of amides is 2. The first-order valence-electron chi connectivity index (χ1n) is 12.8. The summed E-state index contributed by atoms with van der Waals surface area (Å²) in [4.78, 5) is 29.3. The number of halogens is 2. The third-order valence-electron chi connectivity index (χ3n) is 6.12. The molecule has 1 N–H and O–H groups in total. The molecule has 1 atom stereocenters. The van der Waals surface area contributed by atoms with E-state index in [1.54, 1.807) is 6.07 Å². The van der Waals surface area contributed by atoms with Crippen LogP contribution in [0, 0.1) is 6.92 Å². The molecule has 7 nitrogen and oxygen atoms in total. The molecule has 0 heterocycles. The normalized spacial score (nSPS) is 12.5. The van der Waals surface area contributed by atoms with Crippen molar-refractivity contribution in [2.75, 3.05) is 17.1 Å². The van der Waals surface area contributed by atoms with Crippen molar-refractivity contribution in [1.29, 1.82) is 0 Å². The highest BCUT2D eigenvalue weighted by atomic mass is 35.5. The van der Waals surface area contributed by atoms with Crippen molar-refractivity contribution in [1.82, 2.24) is 10.2 Å². The molecule has 0 spiro atoms. The maximum Gasteiger partial charge on any atom is 0.244 e. The van der Waals surface area contributed by atoms with Crippen molar-refractivity contribution in [3.8, 4) is 0 Å². The van der Waals surface area contributed by atoms with Crippen LogP contribution in [0.4, 0.5) is 5.69 Å². The monoisotopic (exact) mass is 603 g/mol. The van der Waals surface area contributed by atoms with Crippen molar-refractivity contribution in [3.05, 3.63) is 99.5 Å². The number of hydrogen-bond acceptors (Lipinski definition) is 4. The molecule has 0 bridgehead atoms. The van der Waals surface area contributed by atoms with Crippen molar-refractivity contribution in [2.45, 2.75) is 52.2 Å². The van der Waals surface area contributed by atoms with Crippen LogP contribution in [0.15, 0.2) is 72.8 Å². The van der Waals surface area contributed by atoms with Gasteiger partial charge in [-0.3, -0.25) is 13.9 Å². The highest BCUT2D eigenvalue weighted by Crippen LogP contribution is 2.34. The highest BCUT2D eigenvalue weighted by molar-refractivity contribution is 7.92. The van der Waals surface area contributed by atoms with Gasteiger partial charge >= 0.3 is 0 Å². The fourth-order valence-corrected chi connectivity index (χ4v) is 5.48. The second kappa shape index (κ2) is 13.1. The number of nitrogens with zero attached hydrogens (tertiary/aromatic N) is 2. The number of anilines is 1. The van der Waals surface area contributed by atoms with Gasteiger partial charge in [0, 0.05) is 18.5 Å². The average Bonchev–Trinajstić information content (AvgIpc) is 2.86. The van der Waals surface area contributed by atoms with Crippen LogP contribution < -0.4 is 9.62 Å². The summed E-state index contributed by atoms with van der Waals surface area (Å²) in [5.41, 5.74) is 2.23. The molecule has 0 fully saturated rings. The van der Waals surface area contributed by atoms with E-state index in [2.05, 4.69) is 5.32 Å². The third kappa shape index (κ3) is 8.71. The predicted molar refractivity (Wildman–Crippen MR) is 162 cm³/mol. The van der Waals surface area contributed by atoms with Crippen LogP contribution in [0.25, 0.3) is 0 Å². The van der Waals surface area contributed by atoms with E-state index in [4.69, 9.17) is 23.2 Å². The molecule has 0 aromatic heterocycles. The molecule has 0 saturated carbocycles. The van der Waals surface area contributed by atoms with Gasteiger partial charge in [0.15, 0.2) is 0 Å². The van der Waals surface area contributed by atoms with Crippen LogP contribution in [0.3, 0.4) is 0 Å². The van der Waals surface area contributed by atoms with Gasteiger partial charge in [0.25, 0.3) is 0 Å². The summed E-state index contributed by atoms with van der Waals surface area (Å²) in [5, 5.41) is 3.17. The summed E-state index contributed by atoms with van der Waals surface area (Å²) >= 11 is 12.5. The zero-order chi connectivity index (χ0) is 29.7. The first-order chi connectivity index (χ1) is 18.7. The quantitative estimate of drug-likeness (QED) is 0.326. The van der Waals surface area contributed by atoms with E-state index in [-0.39, 0.29) is 34.6 Å². The molecular weight excluding hydrogens is 569 g/mol. The molecule has 214 valence electrons. The average molecular weight is 605 g/mol. The molecule has 0 aliphatic heterocycles. The number of hydrogen-bond donors (Lipinski definition) is 1. The van der Waals surface area contributed by atoms with E-state index in [9.17, 15) is 18.0 Å². The molecule has 3 aromatic carbocycles. The number of carbonyl (C=O) groups is 2. The largest absolute Gasteiger partial charge is 0.350 e. The molecule has 3 rings (SSSR count). The Balaban J connectivity index is 2.09. The summed E-state index contributed by atoms with van der Waals surface area (Å²) < 4.78 is 26.7. The van der Waals surface area contributed by atoms with Gasteiger partial charge in [0.05, 0.1) is 22.0 Å². The van der Waals surface area contributed by atoms with Gasteiger partial charge in [-0.15, -0.1) is 0 Å². The SMILES string of the molecule is Cc1ccc(CN(C(=O)CN(c2cccc(Cl)c2Cl)S(C)(=O)=O)C(Cc2ccccc2)C(=O)NC(C)(C)C)cc1. The second-order valence-electron chi connectivity index (χ2n) is 10.8. The molecule has 0 aliphatic carbocycles. The van der Waals surface area contributed by atoms with Gasteiger partial charge in [-0.25, -0.2) is 8.42 Å². The summed E-state index contributed by atoms with van der Waals surface area (Å²) in [6.07, 6.45) is 1.23. The van der Waals surface area contributed by atoms with Gasteiger partial charge in [-0.1, -0.05) is 89.4 Å². The topological polar surface area (TPSA) is 86.8 Å². The summed E-state index contributed by atoms with van der Waals surface area (Å²) in [5.74, 6) is -0.907. The lowest BCUT2D eigenvalue weighted by atomic mass is 10.0. The van der Waals surface area contributed by atoms with Gasteiger partial charge in [0.2, 0.25) is 21.8 Å². The van der Waals surface area contributed by atoms with Gasteiger partial charge in [-0.2, -0.15) is 0 Å². The van der Waals surface area contributed by atoms with Crippen LogP contribution in [0.2, 0.25) is 10.0 Å². The molecular formula is C30H35Cl2N3O4S. The number of aryl methyl sites for hydroxylation is 1. The van der Waals surface area contributed by atoms with Gasteiger partial charge < -0.3 is 10.2 Å². The smallest absolute Gasteiger partial charge is 0.244 e. The van der Waals surface area contributed by atoms with Gasteiger partial charge in [-0.05, 0) is 51.0 Å². The number of carbonyl (C=O) groups excluding carboxylic acids is 2. The van der Waals surface area contributed by atoms with E-state index >= 15 is 0 Å². The number of benzene rings is 3. The van der Waals surface area contributed by atoms with Crippen LogP contribution in [-0.4, -0.2) is 49.5 Å². The highest BCUT2D eigenvalue weighted by Gasteiger charge is 2.34. The van der Waals surface area contributed by atoms with E-state index < -0.39 is 34.1 Å². The van der Waals surface area contributed by atoms with E-state index in [0.717, 1.165) is 27.3 Å². The van der Waals surface area contributed by atoms with Crippen molar-refractivity contribution < 1.29 is 18.0 Å². The zero-order valence-electron chi connectivity index (χ0n) is 23.3. The fourth-order valence-electron chi connectivity index (χ4n) is 4.18. The molecule has 0 aliphatic rings. The maximum absolute atomic E-state index is 14.1. The van der Waals surface area contributed by atoms with Crippen LogP contribution in [-0.2, 0) is 32.6 Å². The van der Waals surface area contributed by atoms with Gasteiger partial charge in [0.1, 0.15) is 12.6 Å². The first kappa shape index (κ1) is 31.5. The van der Waals surface area contributed by atoms with Crippen LogP contribution in [0.1, 0.15) is 37.5 Å². The van der Waals surface area contributed by atoms with Crippen LogP contribution in [0.5, 0.6) is 0 Å². The van der Waals surface area contributed by atoms with E-state index in [1.165, 1.54) is 17.0 Å². The fraction of sp³-hybridized carbons (Fsp3) is 0.333. The lowest BCUT2D eigenvalue weighted by Gasteiger charge is -2.35. The molecule has 0 radical (unpaired) electrons. The lowest BCUT2D eigenvalue weighted by molar-refractivity contribution is -0.140. The molecule has 3 aromatic rings. The third-order valence-corrected chi connectivity index (χ3v) is 8.06. The van der Waals surface area contributed by atoms with E-state index in [0.29, 0.717) is 0 Å². The lowest BCUT2D eigenvalue weighted by Crippen LogP contribution is -2.56. The predicted octanol–water partition coefficient (Wildman–Crippen LogP) is 5.62. The van der Waals surface area contributed by atoms with Crippen LogP contribution >= 0.6 is 23.2 Å². The summed E-state index contributed by atoms with van der Waals surface area (Å²) in [6.45, 7) is 7.07. The Morgan fingerprint density at radius 3 is 2.10 bits per heavy atom. The molecule has 0 saturated heterocycles. The minimum atomic E-state index is -3.96. The minimum Gasteiger partial charge on any atom is -0.350 e.